The Morgan fingerprint density at radius 3 is 2.77 bits per heavy atom. The van der Waals surface area contributed by atoms with E-state index in [0.29, 0.717) is 23.5 Å². The Bertz CT molecular complexity index is 959. The summed E-state index contributed by atoms with van der Waals surface area (Å²) in [6, 6.07) is 15.7. The van der Waals surface area contributed by atoms with Crippen molar-refractivity contribution in [3.63, 3.8) is 0 Å². The van der Waals surface area contributed by atoms with Gasteiger partial charge in [-0.3, -0.25) is 9.79 Å². The molecule has 3 aromatic rings. The molecule has 2 aromatic carbocycles. The summed E-state index contributed by atoms with van der Waals surface area (Å²) in [6.45, 7) is 1.54. The van der Waals surface area contributed by atoms with E-state index >= 15 is 0 Å². The standard InChI is InChI=1S/C22H23N4OS.H2N.W/c1-26(2)10-9-24-14-18-12-21(25-22(27)16-6-4-3-5-7-16)19(13-20(18)23)17-8-11-28-15-17;;/h3-4,6-8,11-15H,9-10,23H2,1-2H3,(H,25,27);1H2;/q2*-1;+2. The molecule has 0 bridgehead atoms. The molecule has 0 saturated carbocycles. The molecular weight excluding hydrogens is 566 g/mol. The molecular formula is C22H25N5OSW. The quantitative estimate of drug-likeness (QED) is 0.236. The van der Waals surface area contributed by atoms with E-state index in [9.17, 15) is 4.79 Å². The van der Waals surface area contributed by atoms with Crippen molar-refractivity contribution in [2.24, 2.45) is 4.99 Å². The van der Waals surface area contributed by atoms with Crippen LogP contribution >= 0.6 is 11.3 Å². The summed E-state index contributed by atoms with van der Waals surface area (Å²) in [5, 5.41) is 7.04. The van der Waals surface area contributed by atoms with Crippen LogP contribution < -0.4 is 11.1 Å². The zero-order chi connectivity index (χ0) is 19.9. The van der Waals surface area contributed by atoms with Crippen molar-refractivity contribution >= 4 is 34.8 Å². The van der Waals surface area contributed by atoms with Gasteiger partial charge in [0.25, 0.3) is 0 Å². The number of anilines is 2. The number of aliphatic imine (C=N–C) groups is 1. The van der Waals surface area contributed by atoms with Crippen molar-refractivity contribution in [3.05, 3.63) is 76.6 Å². The smallest absolute Gasteiger partial charge is 0.693 e. The van der Waals surface area contributed by atoms with E-state index in [1.165, 1.54) is 0 Å². The van der Waals surface area contributed by atoms with Crippen molar-refractivity contribution in [3.8, 4) is 11.1 Å². The Hall–Kier alpha value is -2.31. The van der Waals surface area contributed by atoms with Crippen molar-refractivity contribution in [2.75, 3.05) is 38.2 Å². The summed E-state index contributed by atoms with van der Waals surface area (Å²) >= 11 is 1.60. The number of rotatable bonds is 7. The van der Waals surface area contributed by atoms with Gasteiger partial charge in [-0.25, -0.2) is 0 Å². The van der Waals surface area contributed by atoms with Crippen LogP contribution in [0, 0.1) is 6.07 Å². The van der Waals surface area contributed by atoms with Crippen LogP contribution in [0.4, 0.5) is 11.4 Å². The van der Waals surface area contributed by atoms with Gasteiger partial charge < -0.3 is 22.1 Å². The molecule has 5 N–H and O–H groups in total. The molecule has 0 spiro atoms. The van der Waals surface area contributed by atoms with E-state index in [4.69, 9.17) is 5.73 Å². The molecule has 3 rings (SSSR count). The third-order valence-corrected chi connectivity index (χ3v) is 4.86. The predicted octanol–water partition coefficient (Wildman–Crippen LogP) is 4.74. The SMILES string of the molecule is CN(C)CCN=Cc1cc(NC(=O)c2c[c-]ccc2)c(-c2ccsc2)cc1N.[NH2-].[W+2]. The maximum Gasteiger partial charge on any atom is 2.00 e. The maximum atomic E-state index is 12.7. The minimum absolute atomic E-state index is 0. The van der Waals surface area contributed by atoms with E-state index in [1.54, 1.807) is 41.8 Å². The maximum absolute atomic E-state index is 12.7. The summed E-state index contributed by atoms with van der Waals surface area (Å²) in [6.07, 6.45) is 1.77. The third kappa shape index (κ3) is 6.88. The number of carbonyl (C=O) groups is 1. The molecule has 30 heavy (non-hydrogen) atoms. The van der Waals surface area contributed by atoms with Crippen molar-refractivity contribution in [1.29, 1.82) is 0 Å². The minimum atomic E-state index is -0.186. The number of benzene rings is 2. The Labute approximate surface area is 196 Å². The molecule has 1 aromatic heterocycles. The van der Waals surface area contributed by atoms with Crippen LogP contribution in [0.2, 0.25) is 0 Å². The number of carbonyl (C=O) groups excluding carboxylic acids is 1. The number of nitrogens with two attached hydrogens (primary N) is 2. The first-order valence-electron chi connectivity index (χ1n) is 8.92. The number of likely N-dealkylation sites (N-methyl/N-ethyl adjacent to an activating group) is 1. The number of nitrogens with zero attached hydrogens (tertiary/aromatic N) is 2. The second-order valence-corrected chi connectivity index (χ2v) is 7.40. The monoisotopic (exact) mass is 591 g/mol. The zero-order valence-corrected chi connectivity index (χ0v) is 20.7. The van der Waals surface area contributed by atoms with Gasteiger partial charge in [0, 0.05) is 35.3 Å². The number of hydrogen-bond donors (Lipinski definition) is 2. The molecule has 0 aliphatic rings. The molecule has 6 nitrogen and oxygen atoms in total. The predicted molar refractivity (Wildman–Crippen MR) is 124 cm³/mol. The van der Waals surface area contributed by atoms with Crippen molar-refractivity contribution < 1.29 is 25.9 Å². The minimum Gasteiger partial charge on any atom is -0.693 e. The second kappa shape index (κ2) is 12.4. The van der Waals surface area contributed by atoms with Crippen LogP contribution in [0.3, 0.4) is 0 Å². The topological polar surface area (TPSA) is 104 Å². The van der Waals surface area contributed by atoms with Gasteiger partial charge in [0.05, 0.1) is 6.54 Å². The van der Waals surface area contributed by atoms with Crippen LogP contribution in [0.25, 0.3) is 17.3 Å². The van der Waals surface area contributed by atoms with Crippen LogP contribution in [0.15, 0.2) is 58.2 Å². The molecule has 0 fully saturated rings. The Kier molecular flexibility index (Phi) is 10.6. The molecule has 1 amide bonds. The summed E-state index contributed by atoms with van der Waals surface area (Å²) in [5.74, 6) is -0.186. The van der Waals surface area contributed by atoms with E-state index in [0.717, 1.165) is 23.2 Å². The summed E-state index contributed by atoms with van der Waals surface area (Å²) in [7, 11) is 4.02. The zero-order valence-electron chi connectivity index (χ0n) is 17.0. The largest absolute Gasteiger partial charge is 2.00 e. The summed E-state index contributed by atoms with van der Waals surface area (Å²) in [4.78, 5) is 19.2. The van der Waals surface area contributed by atoms with E-state index in [-0.39, 0.29) is 33.1 Å². The van der Waals surface area contributed by atoms with E-state index in [2.05, 4.69) is 21.3 Å². The van der Waals surface area contributed by atoms with Crippen molar-refractivity contribution in [2.45, 2.75) is 0 Å². The first-order valence-corrected chi connectivity index (χ1v) is 9.87. The van der Waals surface area contributed by atoms with Gasteiger partial charge in [-0.05, 0) is 48.6 Å². The fourth-order valence-electron chi connectivity index (χ4n) is 2.65. The molecule has 0 saturated heterocycles. The fourth-order valence-corrected chi connectivity index (χ4v) is 3.31. The molecule has 0 unspecified atom stereocenters. The third-order valence-electron chi connectivity index (χ3n) is 4.18. The molecule has 1 heterocycles. The van der Waals surface area contributed by atoms with Gasteiger partial charge in [-0.1, -0.05) is 5.56 Å². The summed E-state index contributed by atoms with van der Waals surface area (Å²) < 4.78 is 0. The van der Waals surface area contributed by atoms with Gasteiger partial charge in [0.15, 0.2) is 5.91 Å². The molecule has 0 aliphatic heterocycles. The van der Waals surface area contributed by atoms with Gasteiger partial charge in [0.2, 0.25) is 0 Å². The Morgan fingerprint density at radius 1 is 1.33 bits per heavy atom. The van der Waals surface area contributed by atoms with Crippen LogP contribution in [-0.2, 0) is 21.1 Å². The van der Waals surface area contributed by atoms with E-state index < -0.39 is 0 Å². The van der Waals surface area contributed by atoms with Crippen LogP contribution in [0.5, 0.6) is 0 Å². The first-order chi connectivity index (χ1) is 13.5. The van der Waals surface area contributed by atoms with E-state index in [1.807, 2.05) is 43.1 Å². The van der Waals surface area contributed by atoms with Gasteiger partial charge in [0.1, 0.15) is 0 Å². The molecule has 8 heteroatoms. The Balaban J connectivity index is 0.00000225. The first kappa shape index (κ1) is 25.7. The average molecular weight is 591 g/mol. The number of nitrogen functional groups attached to an aromatic ring is 1. The molecule has 0 aliphatic carbocycles. The molecule has 156 valence electrons. The Morgan fingerprint density at radius 2 is 2.13 bits per heavy atom. The van der Waals surface area contributed by atoms with Gasteiger partial charge in [-0.15, -0.1) is 0 Å². The fraction of sp³-hybridized carbons (Fsp3) is 0.182. The second-order valence-electron chi connectivity index (χ2n) is 6.62. The number of nitrogens with one attached hydrogen (secondary N) is 1. The van der Waals surface area contributed by atoms with Crippen LogP contribution in [-0.4, -0.2) is 44.2 Å². The van der Waals surface area contributed by atoms with Crippen LogP contribution in [0.1, 0.15) is 15.9 Å². The summed E-state index contributed by atoms with van der Waals surface area (Å²) in [5.41, 5.74) is 10.8. The number of thiophene rings is 1. The van der Waals surface area contributed by atoms with Crippen molar-refractivity contribution in [1.82, 2.24) is 4.90 Å². The molecule has 0 radical (unpaired) electrons. The average Bonchev–Trinajstić information content (AvgIpc) is 3.22. The normalized spacial score (nSPS) is 10.5. The number of hydrogen-bond acceptors (Lipinski definition) is 5. The number of amides is 1. The molecule has 0 atom stereocenters. The van der Waals surface area contributed by atoms with Gasteiger partial charge >= 0.3 is 21.1 Å². The van der Waals surface area contributed by atoms with Gasteiger partial charge in [-0.2, -0.15) is 41.7 Å².